The van der Waals surface area contributed by atoms with Gasteiger partial charge < -0.3 is 19.5 Å². The first kappa shape index (κ1) is 21.0. The lowest BCUT2D eigenvalue weighted by atomic mass is 10.1. The third-order valence-corrected chi connectivity index (χ3v) is 4.74. The monoisotopic (exact) mass is 409 g/mol. The SMILES string of the molecule is COC(=O)c1sc(NC(=O)COC(=O)c2cccc(F)c2)c(C(=O)OC)c1C. The Balaban J connectivity index is 2.13. The summed E-state index contributed by atoms with van der Waals surface area (Å²) in [6, 6.07) is 4.80. The molecule has 0 unspecified atom stereocenters. The summed E-state index contributed by atoms with van der Waals surface area (Å²) >= 11 is 0.826. The molecule has 0 radical (unpaired) electrons. The number of rotatable bonds is 6. The van der Waals surface area contributed by atoms with E-state index >= 15 is 0 Å². The molecule has 1 amide bonds. The van der Waals surface area contributed by atoms with Crippen LogP contribution in [-0.4, -0.2) is 44.6 Å². The van der Waals surface area contributed by atoms with E-state index in [-0.39, 0.29) is 26.6 Å². The zero-order chi connectivity index (χ0) is 20.8. The van der Waals surface area contributed by atoms with Gasteiger partial charge in [-0.2, -0.15) is 0 Å². The number of ether oxygens (including phenoxy) is 3. The van der Waals surface area contributed by atoms with Gasteiger partial charge in [0.05, 0.1) is 25.3 Å². The molecule has 10 heteroatoms. The minimum atomic E-state index is -0.888. The summed E-state index contributed by atoms with van der Waals surface area (Å²) < 4.78 is 27.3. The molecule has 148 valence electrons. The molecule has 1 N–H and O–H groups in total. The van der Waals surface area contributed by atoms with E-state index in [0.717, 1.165) is 30.6 Å². The minimum Gasteiger partial charge on any atom is -0.465 e. The Kier molecular flexibility index (Phi) is 6.83. The lowest BCUT2D eigenvalue weighted by molar-refractivity contribution is -0.119. The van der Waals surface area contributed by atoms with Gasteiger partial charge in [0.2, 0.25) is 0 Å². The van der Waals surface area contributed by atoms with Crippen molar-refractivity contribution >= 4 is 40.2 Å². The van der Waals surface area contributed by atoms with Crippen LogP contribution in [0, 0.1) is 12.7 Å². The van der Waals surface area contributed by atoms with Gasteiger partial charge in [0.1, 0.15) is 15.7 Å². The maximum Gasteiger partial charge on any atom is 0.348 e. The van der Waals surface area contributed by atoms with Gasteiger partial charge in [-0.25, -0.2) is 18.8 Å². The fourth-order valence-electron chi connectivity index (χ4n) is 2.23. The van der Waals surface area contributed by atoms with Crippen molar-refractivity contribution in [1.29, 1.82) is 0 Å². The van der Waals surface area contributed by atoms with E-state index in [1.165, 1.54) is 26.2 Å². The number of halogens is 1. The van der Waals surface area contributed by atoms with Gasteiger partial charge in [0, 0.05) is 0 Å². The van der Waals surface area contributed by atoms with Crippen LogP contribution in [-0.2, 0) is 19.0 Å². The second-order valence-corrected chi connectivity index (χ2v) is 6.40. The minimum absolute atomic E-state index is 0.00212. The molecular formula is C18H16FNO7S. The predicted molar refractivity (Wildman–Crippen MR) is 97.0 cm³/mol. The van der Waals surface area contributed by atoms with Crippen molar-refractivity contribution in [3.8, 4) is 0 Å². The van der Waals surface area contributed by atoms with Crippen LogP contribution in [0.3, 0.4) is 0 Å². The summed E-state index contributed by atoms with van der Waals surface area (Å²) in [5, 5.41) is 2.46. The quantitative estimate of drug-likeness (QED) is 0.577. The third-order valence-electron chi connectivity index (χ3n) is 3.55. The predicted octanol–water partition coefficient (Wildman–Crippen LogP) is 2.56. The topological polar surface area (TPSA) is 108 Å². The highest BCUT2D eigenvalue weighted by Gasteiger charge is 2.27. The van der Waals surface area contributed by atoms with E-state index in [2.05, 4.69) is 14.8 Å². The average molecular weight is 409 g/mol. The number of esters is 3. The number of nitrogens with one attached hydrogen (secondary N) is 1. The number of carbonyl (C=O) groups excluding carboxylic acids is 4. The number of hydrogen-bond acceptors (Lipinski definition) is 8. The number of hydrogen-bond donors (Lipinski definition) is 1. The summed E-state index contributed by atoms with van der Waals surface area (Å²) in [5.41, 5.74) is 0.233. The van der Waals surface area contributed by atoms with Crippen LogP contribution in [0.5, 0.6) is 0 Å². The molecule has 0 bridgehead atoms. The van der Waals surface area contributed by atoms with E-state index in [0.29, 0.717) is 0 Å². The molecule has 1 heterocycles. The normalized spacial score (nSPS) is 10.1. The molecule has 0 aliphatic rings. The molecule has 2 rings (SSSR count). The largest absolute Gasteiger partial charge is 0.465 e. The van der Waals surface area contributed by atoms with Crippen molar-refractivity contribution in [3.63, 3.8) is 0 Å². The van der Waals surface area contributed by atoms with E-state index in [1.807, 2.05) is 0 Å². The Morgan fingerprint density at radius 2 is 1.75 bits per heavy atom. The van der Waals surface area contributed by atoms with Crippen LogP contribution in [0.4, 0.5) is 9.39 Å². The van der Waals surface area contributed by atoms with Crippen LogP contribution in [0.2, 0.25) is 0 Å². The average Bonchev–Trinajstić information content (AvgIpc) is 3.00. The van der Waals surface area contributed by atoms with E-state index < -0.39 is 36.2 Å². The van der Waals surface area contributed by atoms with Crippen molar-refractivity contribution in [2.45, 2.75) is 6.92 Å². The number of benzene rings is 1. The number of carbonyl (C=O) groups is 4. The zero-order valence-corrected chi connectivity index (χ0v) is 16.0. The van der Waals surface area contributed by atoms with Crippen molar-refractivity contribution in [1.82, 2.24) is 0 Å². The fourth-order valence-corrected chi connectivity index (χ4v) is 3.36. The smallest absolute Gasteiger partial charge is 0.348 e. The van der Waals surface area contributed by atoms with Gasteiger partial charge in [-0.1, -0.05) is 6.07 Å². The molecule has 0 fully saturated rings. The summed E-state index contributed by atoms with van der Waals surface area (Å²) in [6.07, 6.45) is 0. The zero-order valence-electron chi connectivity index (χ0n) is 15.2. The summed E-state index contributed by atoms with van der Waals surface area (Å²) in [5.74, 6) is -3.69. The molecule has 0 saturated heterocycles. The molecule has 0 saturated carbocycles. The van der Waals surface area contributed by atoms with Crippen LogP contribution in [0.1, 0.15) is 36.0 Å². The lowest BCUT2D eigenvalue weighted by Gasteiger charge is -2.07. The molecule has 1 aromatic carbocycles. The molecule has 8 nitrogen and oxygen atoms in total. The van der Waals surface area contributed by atoms with E-state index in [4.69, 9.17) is 4.74 Å². The highest BCUT2D eigenvalue weighted by Crippen LogP contribution is 2.34. The summed E-state index contributed by atoms with van der Waals surface area (Å²) in [6.45, 7) is 0.828. The van der Waals surface area contributed by atoms with Crippen molar-refractivity contribution in [3.05, 3.63) is 51.7 Å². The van der Waals surface area contributed by atoms with Crippen molar-refractivity contribution in [2.24, 2.45) is 0 Å². The Hall–Kier alpha value is -3.27. The molecule has 28 heavy (non-hydrogen) atoms. The van der Waals surface area contributed by atoms with Gasteiger partial charge in [0.15, 0.2) is 6.61 Å². The van der Waals surface area contributed by atoms with Crippen LogP contribution in [0.15, 0.2) is 24.3 Å². The Bertz CT molecular complexity index is 938. The van der Waals surface area contributed by atoms with Crippen LogP contribution >= 0.6 is 11.3 Å². The van der Waals surface area contributed by atoms with Crippen LogP contribution < -0.4 is 5.32 Å². The molecule has 2 aromatic rings. The van der Waals surface area contributed by atoms with Crippen molar-refractivity contribution < 1.29 is 37.8 Å². The molecule has 0 spiro atoms. The highest BCUT2D eigenvalue weighted by molar-refractivity contribution is 7.18. The third kappa shape index (κ3) is 4.71. The summed E-state index contributed by atoms with van der Waals surface area (Å²) in [7, 11) is 2.34. The second kappa shape index (κ2) is 9.09. The first-order valence-corrected chi connectivity index (χ1v) is 8.62. The maximum atomic E-state index is 13.1. The Morgan fingerprint density at radius 1 is 1.07 bits per heavy atom. The lowest BCUT2D eigenvalue weighted by Crippen LogP contribution is -2.21. The maximum absolute atomic E-state index is 13.1. The molecule has 0 atom stereocenters. The van der Waals surface area contributed by atoms with E-state index in [1.54, 1.807) is 0 Å². The molecule has 1 aromatic heterocycles. The first-order valence-electron chi connectivity index (χ1n) is 7.81. The van der Waals surface area contributed by atoms with Gasteiger partial charge >= 0.3 is 17.9 Å². The number of amides is 1. The number of anilines is 1. The van der Waals surface area contributed by atoms with Gasteiger partial charge in [-0.05, 0) is 30.7 Å². The summed E-state index contributed by atoms with van der Waals surface area (Å²) in [4.78, 5) is 47.9. The van der Waals surface area contributed by atoms with Crippen molar-refractivity contribution in [2.75, 3.05) is 26.1 Å². The first-order chi connectivity index (χ1) is 13.3. The Morgan fingerprint density at radius 3 is 2.36 bits per heavy atom. The molecule has 0 aliphatic heterocycles. The van der Waals surface area contributed by atoms with E-state index in [9.17, 15) is 23.6 Å². The number of methoxy groups -OCH3 is 2. The molecular weight excluding hydrogens is 393 g/mol. The highest BCUT2D eigenvalue weighted by atomic mass is 32.1. The standard InChI is InChI=1S/C18H16FNO7S/c1-9-13(17(23)25-2)15(28-14(9)18(24)26-3)20-12(21)8-27-16(22)10-5-4-6-11(19)7-10/h4-7H,8H2,1-3H3,(H,20,21). The van der Waals surface area contributed by atoms with Crippen LogP contribution in [0.25, 0.3) is 0 Å². The van der Waals surface area contributed by atoms with Gasteiger partial charge in [-0.15, -0.1) is 11.3 Å². The fraction of sp³-hybridized carbons (Fsp3) is 0.222. The van der Waals surface area contributed by atoms with Gasteiger partial charge in [0.25, 0.3) is 5.91 Å². The van der Waals surface area contributed by atoms with Gasteiger partial charge in [-0.3, -0.25) is 4.79 Å². The molecule has 0 aliphatic carbocycles. The Labute approximate surface area is 163 Å². The number of thiophene rings is 1. The second-order valence-electron chi connectivity index (χ2n) is 5.38.